The van der Waals surface area contributed by atoms with Crippen LogP contribution in [0.4, 0.5) is 0 Å². The van der Waals surface area contributed by atoms with Crippen LogP contribution in [0.25, 0.3) is 0 Å². The summed E-state index contributed by atoms with van der Waals surface area (Å²) in [5.41, 5.74) is 0.807. The van der Waals surface area contributed by atoms with Crippen LogP contribution in [0, 0.1) is 0 Å². The number of nitrogens with zero attached hydrogens (tertiary/aromatic N) is 4. The van der Waals surface area contributed by atoms with Gasteiger partial charge in [-0.25, -0.2) is 4.79 Å². The van der Waals surface area contributed by atoms with Gasteiger partial charge in [0.2, 0.25) is 5.16 Å². The summed E-state index contributed by atoms with van der Waals surface area (Å²) in [7, 11) is 1.33. The Morgan fingerprint density at radius 3 is 2.40 bits per heavy atom. The topological polar surface area (TPSA) is 86.4 Å². The fraction of sp³-hybridized carbons (Fsp3) is 0.353. The van der Waals surface area contributed by atoms with Crippen LogP contribution in [0.2, 0.25) is 0 Å². The molecular formula is C17H20N4O3S. The number of thioether (sulfide) groups is 1. The largest absolute Gasteiger partial charge is 0.465 e. The van der Waals surface area contributed by atoms with Crippen molar-refractivity contribution in [2.45, 2.75) is 31.3 Å². The van der Waals surface area contributed by atoms with Crippen molar-refractivity contribution in [2.24, 2.45) is 5.10 Å². The predicted molar refractivity (Wildman–Crippen MR) is 97.5 cm³/mol. The van der Waals surface area contributed by atoms with E-state index in [-0.39, 0.29) is 5.56 Å². The van der Waals surface area contributed by atoms with Crippen LogP contribution < -0.4 is 5.56 Å². The molecule has 8 heteroatoms. The van der Waals surface area contributed by atoms with E-state index < -0.39 is 11.4 Å². The Kier molecular flexibility index (Phi) is 5.73. The minimum absolute atomic E-state index is 0.297. The van der Waals surface area contributed by atoms with E-state index >= 15 is 0 Å². The van der Waals surface area contributed by atoms with Crippen LogP contribution in [0.3, 0.4) is 0 Å². The van der Waals surface area contributed by atoms with Crippen LogP contribution in [-0.4, -0.2) is 40.4 Å². The summed E-state index contributed by atoms with van der Waals surface area (Å²) >= 11 is 1.29. The second-order valence-corrected chi connectivity index (χ2v) is 7.03. The summed E-state index contributed by atoms with van der Waals surface area (Å²) < 4.78 is 5.90. The lowest BCUT2D eigenvalue weighted by molar-refractivity contribution is 0.0600. The zero-order valence-corrected chi connectivity index (χ0v) is 15.6. The molecule has 132 valence electrons. The molecule has 1 aromatic carbocycles. The highest BCUT2D eigenvalue weighted by atomic mass is 32.2. The van der Waals surface area contributed by atoms with Gasteiger partial charge in [0.15, 0.2) is 0 Å². The first kappa shape index (κ1) is 18.9. The third-order valence-corrected chi connectivity index (χ3v) is 3.98. The first-order valence-corrected chi connectivity index (χ1v) is 8.77. The molecule has 0 aliphatic rings. The molecule has 0 atom stereocenters. The van der Waals surface area contributed by atoms with Gasteiger partial charge in [-0.2, -0.15) is 9.78 Å². The first-order valence-electron chi connectivity index (χ1n) is 7.55. The minimum Gasteiger partial charge on any atom is -0.465 e. The highest BCUT2D eigenvalue weighted by Crippen LogP contribution is 2.17. The molecule has 0 saturated carbocycles. The van der Waals surface area contributed by atoms with Crippen molar-refractivity contribution in [1.82, 2.24) is 14.9 Å². The maximum absolute atomic E-state index is 12.7. The number of rotatable bonds is 4. The molecule has 0 aliphatic carbocycles. The van der Waals surface area contributed by atoms with Crippen molar-refractivity contribution in [2.75, 3.05) is 13.4 Å². The van der Waals surface area contributed by atoms with Crippen molar-refractivity contribution in [3.63, 3.8) is 0 Å². The summed E-state index contributed by atoms with van der Waals surface area (Å²) in [4.78, 5) is 24.1. The maximum Gasteiger partial charge on any atom is 0.337 e. The highest BCUT2D eigenvalue weighted by molar-refractivity contribution is 7.98. The summed E-state index contributed by atoms with van der Waals surface area (Å²) in [5, 5.41) is 12.8. The van der Waals surface area contributed by atoms with Gasteiger partial charge in [-0.1, -0.05) is 44.7 Å². The van der Waals surface area contributed by atoms with Gasteiger partial charge in [-0.3, -0.25) is 4.79 Å². The van der Waals surface area contributed by atoms with E-state index in [1.165, 1.54) is 29.8 Å². The number of hydrogen-bond acceptors (Lipinski definition) is 7. The van der Waals surface area contributed by atoms with Crippen LogP contribution in [0.1, 0.15) is 42.4 Å². The van der Waals surface area contributed by atoms with Gasteiger partial charge in [-0.15, -0.1) is 10.2 Å². The van der Waals surface area contributed by atoms with Crippen molar-refractivity contribution in [3.8, 4) is 0 Å². The molecule has 0 aliphatic heterocycles. The van der Waals surface area contributed by atoms with E-state index in [1.54, 1.807) is 30.5 Å². The Morgan fingerprint density at radius 1 is 1.24 bits per heavy atom. The summed E-state index contributed by atoms with van der Waals surface area (Å²) in [6.45, 7) is 5.70. The fourth-order valence-corrected chi connectivity index (χ4v) is 2.44. The number of aromatic nitrogens is 3. The lowest BCUT2D eigenvalue weighted by Crippen LogP contribution is -2.32. The van der Waals surface area contributed by atoms with Crippen molar-refractivity contribution in [3.05, 3.63) is 51.4 Å². The average molecular weight is 360 g/mol. The SMILES string of the molecule is COC(=O)c1ccc(C=Nn2c(SC)nnc(C(C)(C)C)c2=O)cc1. The van der Waals surface area contributed by atoms with Gasteiger partial charge in [0.25, 0.3) is 5.56 Å². The molecule has 0 radical (unpaired) electrons. The zero-order chi connectivity index (χ0) is 18.6. The molecule has 0 bridgehead atoms. The van der Waals surface area contributed by atoms with E-state index in [4.69, 9.17) is 0 Å². The van der Waals surface area contributed by atoms with Crippen molar-refractivity contribution < 1.29 is 9.53 Å². The van der Waals surface area contributed by atoms with E-state index in [0.717, 1.165) is 5.56 Å². The monoisotopic (exact) mass is 360 g/mol. The molecule has 1 heterocycles. The molecular weight excluding hydrogens is 340 g/mol. The van der Waals surface area contributed by atoms with Crippen LogP contribution in [0.15, 0.2) is 39.3 Å². The van der Waals surface area contributed by atoms with Crippen LogP contribution in [-0.2, 0) is 10.2 Å². The zero-order valence-electron chi connectivity index (χ0n) is 14.8. The van der Waals surface area contributed by atoms with Gasteiger partial charge in [0, 0.05) is 5.41 Å². The van der Waals surface area contributed by atoms with Crippen LogP contribution in [0.5, 0.6) is 0 Å². The molecule has 7 nitrogen and oxygen atoms in total. The standard InChI is InChI=1S/C17H20N4O3S/c1-17(2,3)13-14(22)21(16(25-5)20-19-13)18-10-11-6-8-12(9-7-11)15(23)24-4/h6-10H,1-5H3. The molecule has 0 N–H and O–H groups in total. The molecule has 25 heavy (non-hydrogen) atoms. The van der Waals surface area contributed by atoms with E-state index in [2.05, 4.69) is 20.0 Å². The maximum atomic E-state index is 12.7. The van der Waals surface area contributed by atoms with Gasteiger partial charge >= 0.3 is 5.97 Å². The molecule has 0 amide bonds. The van der Waals surface area contributed by atoms with Crippen LogP contribution >= 0.6 is 11.8 Å². The molecule has 2 aromatic rings. The number of methoxy groups -OCH3 is 1. The molecule has 0 spiro atoms. The Bertz CT molecular complexity index is 852. The molecule has 0 fully saturated rings. The Morgan fingerprint density at radius 2 is 1.88 bits per heavy atom. The number of esters is 1. The van der Waals surface area contributed by atoms with E-state index in [0.29, 0.717) is 16.4 Å². The van der Waals surface area contributed by atoms with Gasteiger partial charge < -0.3 is 4.74 Å². The fourth-order valence-electron chi connectivity index (χ4n) is 2.01. The van der Waals surface area contributed by atoms with Gasteiger partial charge in [0.05, 0.1) is 18.9 Å². The predicted octanol–water partition coefficient (Wildman–Crippen LogP) is 2.33. The van der Waals surface area contributed by atoms with Crippen molar-refractivity contribution in [1.29, 1.82) is 0 Å². The third kappa shape index (κ3) is 4.33. The van der Waals surface area contributed by atoms with E-state index in [9.17, 15) is 9.59 Å². The highest BCUT2D eigenvalue weighted by Gasteiger charge is 2.23. The Hall–Kier alpha value is -2.48. The third-order valence-electron chi connectivity index (χ3n) is 3.36. The second kappa shape index (κ2) is 7.60. The average Bonchev–Trinajstić information content (AvgIpc) is 2.59. The normalized spacial score (nSPS) is 11.7. The molecule has 1 aromatic heterocycles. The first-order chi connectivity index (χ1) is 11.8. The molecule has 0 saturated heterocycles. The molecule has 0 unspecified atom stereocenters. The van der Waals surface area contributed by atoms with E-state index in [1.807, 2.05) is 20.8 Å². The minimum atomic E-state index is -0.430. The summed E-state index contributed by atoms with van der Waals surface area (Å²) in [5.74, 6) is -0.405. The lowest BCUT2D eigenvalue weighted by atomic mass is 9.93. The van der Waals surface area contributed by atoms with Gasteiger partial charge in [0.1, 0.15) is 5.69 Å². The smallest absolute Gasteiger partial charge is 0.337 e. The number of ether oxygens (including phenoxy) is 1. The number of benzene rings is 1. The number of carbonyl (C=O) groups is 1. The second-order valence-electron chi connectivity index (χ2n) is 6.26. The number of carbonyl (C=O) groups excluding carboxylic acids is 1. The van der Waals surface area contributed by atoms with Gasteiger partial charge in [-0.05, 0) is 24.0 Å². The Labute approximate surface area is 150 Å². The van der Waals surface area contributed by atoms with Crippen molar-refractivity contribution >= 4 is 23.9 Å². The Balaban J connectivity index is 2.40. The number of hydrogen-bond donors (Lipinski definition) is 0. The summed E-state index contributed by atoms with van der Waals surface area (Å²) in [6, 6.07) is 6.71. The molecule has 2 rings (SSSR count). The lowest BCUT2D eigenvalue weighted by Gasteiger charge is -2.16. The summed E-state index contributed by atoms with van der Waals surface area (Å²) in [6.07, 6.45) is 3.34. The quantitative estimate of drug-likeness (QED) is 0.472.